The number of nitrogens with two attached hydrogens (primary N) is 1. The molecule has 0 saturated carbocycles. The number of para-hydroxylation sites is 1. The molecular formula is C14H12N2O6S. The van der Waals surface area contributed by atoms with Crippen molar-refractivity contribution in [3.63, 3.8) is 0 Å². The summed E-state index contributed by atoms with van der Waals surface area (Å²) in [5.74, 6) is -0.881. The molecule has 23 heavy (non-hydrogen) atoms. The van der Waals surface area contributed by atoms with E-state index in [1.165, 1.54) is 12.1 Å². The summed E-state index contributed by atoms with van der Waals surface area (Å²) < 4.78 is 28.9. The lowest BCUT2D eigenvalue weighted by Crippen LogP contribution is -2.15. The van der Waals surface area contributed by atoms with E-state index in [2.05, 4.69) is 0 Å². The molecule has 0 aliphatic heterocycles. The predicted octanol–water partition coefficient (Wildman–Crippen LogP) is 2.24. The average molecular weight is 336 g/mol. The number of benzene rings is 2. The first-order chi connectivity index (χ1) is 10.7. The van der Waals surface area contributed by atoms with Crippen LogP contribution >= 0.6 is 0 Å². The molecule has 120 valence electrons. The quantitative estimate of drug-likeness (QED) is 0.506. The number of Topliss-reactive ketones (excluding diaryl/α,β-unsaturated/α-hetero) is 1. The molecule has 2 N–H and O–H groups in total. The Morgan fingerprint density at radius 3 is 2.30 bits per heavy atom. The van der Waals surface area contributed by atoms with Gasteiger partial charge >= 0.3 is 5.69 Å². The Kier molecular flexibility index (Phi) is 4.43. The molecule has 2 rings (SSSR count). The molecule has 0 saturated heterocycles. The van der Waals surface area contributed by atoms with E-state index in [0.29, 0.717) is 0 Å². The number of ketones is 1. The van der Waals surface area contributed by atoms with Crippen LogP contribution in [0.4, 0.5) is 5.69 Å². The summed E-state index contributed by atoms with van der Waals surface area (Å²) in [6.07, 6.45) is 0. The standard InChI is InChI=1S/C14H12N2O6S/c1-9(17)10-7-12(16(18)19)14(13(8-10)23(15,20)21)22-11-5-3-2-4-6-11/h2-8H,1H3,(H2,15,20,21). The fourth-order valence-electron chi connectivity index (χ4n) is 1.85. The predicted molar refractivity (Wildman–Crippen MR) is 81.0 cm³/mol. The van der Waals surface area contributed by atoms with Crippen molar-refractivity contribution in [2.75, 3.05) is 0 Å². The zero-order valence-electron chi connectivity index (χ0n) is 11.9. The van der Waals surface area contributed by atoms with Gasteiger partial charge in [0.2, 0.25) is 15.8 Å². The summed E-state index contributed by atoms with van der Waals surface area (Å²) >= 11 is 0. The fraction of sp³-hybridized carbons (Fsp3) is 0.0714. The van der Waals surface area contributed by atoms with Crippen LogP contribution in [0.15, 0.2) is 47.4 Å². The lowest BCUT2D eigenvalue weighted by molar-refractivity contribution is -0.385. The molecule has 0 heterocycles. The Bertz CT molecular complexity index is 878. The van der Waals surface area contributed by atoms with Gasteiger partial charge in [-0.2, -0.15) is 0 Å². The van der Waals surface area contributed by atoms with Gasteiger partial charge in [0.25, 0.3) is 0 Å². The van der Waals surface area contributed by atoms with Crippen molar-refractivity contribution >= 4 is 21.5 Å². The van der Waals surface area contributed by atoms with Gasteiger partial charge in [0.15, 0.2) is 5.78 Å². The van der Waals surface area contributed by atoms with Gasteiger partial charge in [-0.15, -0.1) is 0 Å². The first-order valence-corrected chi connectivity index (χ1v) is 7.84. The Morgan fingerprint density at radius 1 is 1.22 bits per heavy atom. The number of carbonyl (C=O) groups excluding carboxylic acids is 1. The minimum Gasteiger partial charge on any atom is -0.449 e. The second-order valence-electron chi connectivity index (χ2n) is 4.60. The maximum absolute atomic E-state index is 11.8. The number of primary sulfonamides is 1. The number of carbonyl (C=O) groups is 1. The lowest BCUT2D eigenvalue weighted by atomic mass is 10.1. The molecule has 0 fully saturated rings. The van der Waals surface area contributed by atoms with Crippen LogP contribution in [0.5, 0.6) is 11.5 Å². The Hall–Kier alpha value is -2.78. The van der Waals surface area contributed by atoms with Crippen LogP contribution in [0.2, 0.25) is 0 Å². The van der Waals surface area contributed by atoms with E-state index in [9.17, 15) is 23.3 Å². The van der Waals surface area contributed by atoms with E-state index >= 15 is 0 Å². The highest BCUT2D eigenvalue weighted by Crippen LogP contribution is 2.38. The maximum Gasteiger partial charge on any atom is 0.313 e. The summed E-state index contributed by atoms with van der Waals surface area (Å²) in [7, 11) is -4.35. The van der Waals surface area contributed by atoms with Crippen molar-refractivity contribution in [2.24, 2.45) is 5.14 Å². The smallest absolute Gasteiger partial charge is 0.313 e. The van der Waals surface area contributed by atoms with Crippen molar-refractivity contribution < 1.29 is 22.9 Å². The zero-order valence-corrected chi connectivity index (χ0v) is 12.7. The first-order valence-electron chi connectivity index (χ1n) is 6.29. The van der Waals surface area contributed by atoms with Crippen LogP contribution in [0.1, 0.15) is 17.3 Å². The van der Waals surface area contributed by atoms with Crippen LogP contribution in [0, 0.1) is 10.1 Å². The normalized spacial score (nSPS) is 11.0. The van der Waals surface area contributed by atoms with Crippen LogP contribution in [0.25, 0.3) is 0 Å². The fourth-order valence-corrected chi connectivity index (χ4v) is 2.54. The van der Waals surface area contributed by atoms with Gasteiger partial charge in [0.1, 0.15) is 10.6 Å². The summed E-state index contributed by atoms with van der Waals surface area (Å²) in [5, 5.41) is 16.4. The molecule has 2 aromatic rings. The number of nitro benzene ring substituents is 1. The number of ether oxygens (including phenoxy) is 1. The molecule has 0 aromatic heterocycles. The highest BCUT2D eigenvalue weighted by molar-refractivity contribution is 7.89. The molecule has 0 bridgehead atoms. The SMILES string of the molecule is CC(=O)c1cc([N+](=O)[O-])c(Oc2ccccc2)c(S(N)(=O)=O)c1. The number of rotatable bonds is 5. The van der Waals surface area contributed by atoms with Crippen LogP contribution in [0.3, 0.4) is 0 Å². The van der Waals surface area contributed by atoms with Gasteiger partial charge in [-0.25, -0.2) is 13.6 Å². The highest BCUT2D eigenvalue weighted by atomic mass is 32.2. The number of sulfonamides is 1. The molecule has 0 aliphatic rings. The molecular weight excluding hydrogens is 324 g/mol. The number of nitrogens with zero attached hydrogens (tertiary/aromatic N) is 1. The highest BCUT2D eigenvalue weighted by Gasteiger charge is 2.28. The summed E-state index contributed by atoms with van der Waals surface area (Å²) in [6, 6.07) is 9.83. The topological polar surface area (TPSA) is 130 Å². The summed E-state index contributed by atoms with van der Waals surface area (Å²) in [5.41, 5.74) is -0.813. The summed E-state index contributed by atoms with van der Waals surface area (Å²) in [6.45, 7) is 1.16. The maximum atomic E-state index is 11.8. The molecule has 0 aliphatic carbocycles. The van der Waals surface area contributed by atoms with Crippen molar-refractivity contribution in [1.82, 2.24) is 0 Å². The van der Waals surface area contributed by atoms with E-state index in [4.69, 9.17) is 9.88 Å². The van der Waals surface area contributed by atoms with Gasteiger partial charge in [-0.3, -0.25) is 14.9 Å². The van der Waals surface area contributed by atoms with Crippen LogP contribution in [-0.2, 0) is 10.0 Å². The molecule has 0 unspecified atom stereocenters. The largest absolute Gasteiger partial charge is 0.449 e. The second kappa shape index (κ2) is 6.15. The molecule has 0 spiro atoms. The molecule has 0 radical (unpaired) electrons. The Labute approximate surface area is 131 Å². The number of hydrogen-bond acceptors (Lipinski definition) is 6. The van der Waals surface area contributed by atoms with Crippen molar-refractivity contribution in [3.05, 3.63) is 58.1 Å². The zero-order chi connectivity index (χ0) is 17.2. The van der Waals surface area contributed by atoms with E-state index in [-0.39, 0.29) is 11.3 Å². The van der Waals surface area contributed by atoms with E-state index < -0.39 is 37.1 Å². The Balaban J connectivity index is 2.76. The van der Waals surface area contributed by atoms with Crippen LogP contribution in [-0.4, -0.2) is 19.1 Å². The van der Waals surface area contributed by atoms with Gasteiger partial charge in [-0.05, 0) is 25.1 Å². The average Bonchev–Trinajstić information content (AvgIpc) is 2.46. The van der Waals surface area contributed by atoms with Crippen molar-refractivity contribution in [1.29, 1.82) is 0 Å². The lowest BCUT2D eigenvalue weighted by Gasteiger charge is -2.11. The first kappa shape index (κ1) is 16.6. The molecule has 8 nitrogen and oxygen atoms in total. The van der Waals surface area contributed by atoms with Gasteiger partial charge in [0, 0.05) is 11.6 Å². The van der Waals surface area contributed by atoms with Crippen molar-refractivity contribution in [3.8, 4) is 11.5 Å². The number of nitro groups is 1. The monoisotopic (exact) mass is 336 g/mol. The molecule has 9 heteroatoms. The third kappa shape index (κ3) is 3.71. The minimum absolute atomic E-state index is 0.152. The van der Waals surface area contributed by atoms with E-state index in [0.717, 1.165) is 19.1 Å². The van der Waals surface area contributed by atoms with Crippen molar-refractivity contribution in [2.45, 2.75) is 11.8 Å². The van der Waals surface area contributed by atoms with Crippen LogP contribution < -0.4 is 9.88 Å². The Morgan fingerprint density at radius 2 is 1.83 bits per heavy atom. The third-order valence-corrected chi connectivity index (χ3v) is 3.82. The minimum atomic E-state index is -4.35. The summed E-state index contributed by atoms with van der Waals surface area (Å²) in [4.78, 5) is 21.3. The van der Waals surface area contributed by atoms with E-state index in [1.54, 1.807) is 18.2 Å². The third-order valence-electron chi connectivity index (χ3n) is 2.91. The van der Waals surface area contributed by atoms with Gasteiger partial charge in [-0.1, -0.05) is 18.2 Å². The molecule has 0 amide bonds. The van der Waals surface area contributed by atoms with Gasteiger partial charge in [0.05, 0.1) is 4.92 Å². The molecule has 2 aromatic carbocycles. The number of hydrogen-bond donors (Lipinski definition) is 1. The van der Waals surface area contributed by atoms with Gasteiger partial charge < -0.3 is 4.74 Å². The molecule has 0 atom stereocenters. The second-order valence-corrected chi connectivity index (χ2v) is 6.13. The van der Waals surface area contributed by atoms with E-state index in [1.807, 2.05) is 0 Å².